The molecule has 142 valence electrons. The minimum absolute atomic E-state index is 0.0954. The number of aryl methyl sites for hydroxylation is 3. The molecule has 0 amide bonds. The van der Waals surface area contributed by atoms with Crippen LogP contribution in [-0.2, 0) is 14.1 Å². The van der Waals surface area contributed by atoms with Crippen molar-refractivity contribution in [1.82, 2.24) is 18.9 Å². The number of imidazole rings is 1. The first-order chi connectivity index (χ1) is 13.4. The van der Waals surface area contributed by atoms with Crippen LogP contribution in [0.4, 0.5) is 5.69 Å². The lowest BCUT2D eigenvalue weighted by atomic mass is 10.2. The lowest BCUT2D eigenvalue weighted by Gasteiger charge is -2.01. The number of benzene rings is 2. The van der Waals surface area contributed by atoms with Gasteiger partial charge in [0.25, 0.3) is 5.56 Å². The average Bonchev–Trinajstić information content (AvgIpc) is 3.08. The summed E-state index contributed by atoms with van der Waals surface area (Å²) in [5, 5.41) is 3.60. The number of rotatable bonds is 3. The van der Waals surface area contributed by atoms with Gasteiger partial charge in [0.05, 0.1) is 28.0 Å². The maximum Gasteiger partial charge on any atom is 0.328 e. The summed E-state index contributed by atoms with van der Waals surface area (Å²) in [5.74, 6) is 0. The number of aromatic nitrogens is 4. The van der Waals surface area contributed by atoms with Crippen LogP contribution in [0.3, 0.4) is 0 Å². The van der Waals surface area contributed by atoms with Gasteiger partial charge in [0.1, 0.15) is 0 Å². The molecule has 0 bridgehead atoms. The fourth-order valence-electron chi connectivity index (χ4n) is 3.22. The van der Waals surface area contributed by atoms with Crippen molar-refractivity contribution in [3.8, 4) is 5.69 Å². The summed E-state index contributed by atoms with van der Waals surface area (Å²) in [7, 11) is 3.45. The van der Waals surface area contributed by atoms with Crippen molar-refractivity contribution < 1.29 is 0 Å². The summed E-state index contributed by atoms with van der Waals surface area (Å²) in [6, 6.07) is 12.5. The zero-order valence-corrected chi connectivity index (χ0v) is 16.4. The van der Waals surface area contributed by atoms with Gasteiger partial charge in [-0.2, -0.15) is 0 Å². The number of halogens is 1. The lowest BCUT2D eigenvalue weighted by molar-refractivity contribution is 0.795. The minimum atomic E-state index is -0.211. The first-order valence-electron chi connectivity index (χ1n) is 8.64. The Balaban J connectivity index is 1.75. The molecule has 4 aromatic rings. The molecule has 2 heterocycles. The molecule has 4 rings (SSSR count). The van der Waals surface area contributed by atoms with Gasteiger partial charge in [-0.25, -0.2) is 9.48 Å². The second kappa shape index (κ2) is 6.69. The van der Waals surface area contributed by atoms with Crippen LogP contribution in [0.2, 0.25) is 5.02 Å². The third kappa shape index (κ3) is 2.90. The monoisotopic (exact) mass is 395 g/mol. The van der Waals surface area contributed by atoms with Gasteiger partial charge in [-0.05, 0) is 43.3 Å². The molecule has 1 N–H and O–H groups in total. The van der Waals surface area contributed by atoms with Crippen LogP contribution in [0.15, 0.2) is 57.0 Å². The second-order valence-electron chi connectivity index (χ2n) is 6.60. The summed E-state index contributed by atoms with van der Waals surface area (Å²) in [5.41, 5.74) is 3.77. The highest BCUT2D eigenvalue weighted by Gasteiger charge is 2.12. The molecule has 0 radical (unpaired) electrons. The van der Waals surface area contributed by atoms with Crippen molar-refractivity contribution in [3.63, 3.8) is 0 Å². The van der Waals surface area contributed by atoms with Crippen molar-refractivity contribution in [1.29, 1.82) is 0 Å². The Morgan fingerprint density at radius 3 is 2.54 bits per heavy atom. The Bertz CT molecular complexity index is 1350. The van der Waals surface area contributed by atoms with Gasteiger partial charge in [-0.3, -0.25) is 24.0 Å². The molecule has 7 nitrogen and oxygen atoms in total. The summed E-state index contributed by atoms with van der Waals surface area (Å²) >= 11 is 6.03. The minimum Gasteiger partial charge on any atom is -0.295 e. The molecular formula is C20H18ClN5O2. The number of nitrogens with one attached hydrogen (secondary N) is 1. The standard InChI is InChI=1S/C20H18ClN5O2/c1-12-16(19(27)26(23-12)15-6-4-5-13(21)9-15)11-22-14-7-8-17-18(10-14)25(3)20(28)24(17)2/h4-11,23H,1-3H3. The van der Waals surface area contributed by atoms with E-state index >= 15 is 0 Å². The molecule has 8 heteroatoms. The van der Waals surface area contributed by atoms with Gasteiger partial charge < -0.3 is 0 Å². The zero-order valence-electron chi connectivity index (χ0n) is 15.6. The maximum atomic E-state index is 12.8. The number of hydrogen-bond acceptors (Lipinski definition) is 3. The highest BCUT2D eigenvalue weighted by molar-refractivity contribution is 6.30. The number of aromatic amines is 1. The molecular weight excluding hydrogens is 378 g/mol. The predicted molar refractivity (Wildman–Crippen MR) is 112 cm³/mol. The Labute approximate surface area is 165 Å². The third-order valence-electron chi connectivity index (χ3n) is 4.78. The normalized spacial score (nSPS) is 11.7. The smallest absolute Gasteiger partial charge is 0.295 e. The lowest BCUT2D eigenvalue weighted by Crippen LogP contribution is -2.19. The summed E-state index contributed by atoms with van der Waals surface area (Å²) in [6.45, 7) is 1.81. The van der Waals surface area contributed by atoms with E-state index in [4.69, 9.17) is 11.6 Å². The molecule has 0 spiro atoms. The number of nitrogens with zero attached hydrogens (tertiary/aromatic N) is 4. The van der Waals surface area contributed by atoms with Crippen molar-refractivity contribution in [2.24, 2.45) is 19.1 Å². The molecule has 2 aromatic carbocycles. The topological polar surface area (TPSA) is 77.1 Å². The van der Waals surface area contributed by atoms with Gasteiger partial charge >= 0.3 is 5.69 Å². The van der Waals surface area contributed by atoms with E-state index < -0.39 is 0 Å². The van der Waals surface area contributed by atoms with Crippen molar-refractivity contribution in [3.05, 3.63) is 79.6 Å². The Morgan fingerprint density at radius 2 is 1.79 bits per heavy atom. The molecule has 0 fully saturated rings. The number of fused-ring (bicyclic) bond motifs is 1. The van der Waals surface area contributed by atoms with Gasteiger partial charge in [-0.15, -0.1) is 0 Å². The van der Waals surface area contributed by atoms with Gasteiger partial charge in [0, 0.05) is 31.0 Å². The number of hydrogen-bond donors (Lipinski definition) is 1. The quantitative estimate of drug-likeness (QED) is 0.541. The zero-order chi connectivity index (χ0) is 20.0. The van der Waals surface area contributed by atoms with E-state index in [1.807, 2.05) is 25.1 Å². The second-order valence-corrected chi connectivity index (χ2v) is 7.04. The van der Waals surface area contributed by atoms with Gasteiger partial charge in [-0.1, -0.05) is 17.7 Å². The van der Waals surface area contributed by atoms with E-state index in [0.29, 0.717) is 27.7 Å². The molecule has 0 aliphatic heterocycles. The number of H-pyrrole nitrogens is 1. The van der Waals surface area contributed by atoms with E-state index in [-0.39, 0.29) is 11.2 Å². The van der Waals surface area contributed by atoms with Crippen molar-refractivity contribution in [2.75, 3.05) is 0 Å². The summed E-state index contributed by atoms with van der Waals surface area (Å²) in [4.78, 5) is 29.3. The van der Waals surface area contributed by atoms with Crippen LogP contribution < -0.4 is 11.2 Å². The van der Waals surface area contributed by atoms with Crippen LogP contribution in [0, 0.1) is 6.92 Å². The van der Waals surface area contributed by atoms with Crippen LogP contribution in [0.25, 0.3) is 16.7 Å². The Kier molecular flexibility index (Phi) is 4.31. The molecule has 0 aliphatic carbocycles. The fraction of sp³-hybridized carbons (Fsp3) is 0.150. The Morgan fingerprint density at radius 1 is 1.04 bits per heavy atom. The first-order valence-corrected chi connectivity index (χ1v) is 9.01. The van der Waals surface area contributed by atoms with Crippen LogP contribution >= 0.6 is 11.6 Å². The van der Waals surface area contributed by atoms with Crippen molar-refractivity contribution in [2.45, 2.75) is 6.92 Å². The largest absolute Gasteiger partial charge is 0.328 e. The van der Waals surface area contributed by atoms with Crippen LogP contribution in [0.5, 0.6) is 0 Å². The van der Waals surface area contributed by atoms with Crippen LogP contribution in [0.1, 0.15) is 11.3 Å². The van der Waals surface area contributed by atoms with E-state index in [1.165, 1.54) is 10.9 Å². The molecule has 0 saturated heterocycles. The Hall–Kier alpha value is -3.32. The highest BCUT2D eigenvalue weighted by Crippen LogP contribution is 2.20. The fourth-order valence-corrected chi connectivity index (χ4v) is 3.41. The highest BCUT2D eigenvalue weighted by atomic mass is 35.5. The molecule has 0 unspecified atom stereocenters. The molecule has 0 aliphatic rings. The molecule has 0 atom stereocenters. The van der Waals surface area contributed by atoms with Crippen LogP contribution in [-0.4, -0.2) is 25.1 Å². The first kappa shape index (κ1) is 18.1. The summed E-state index contributed by atoms with van der Waals surface area (Å²) in [6.07, 6.45) is 1.54. The molecule has 28 heavy (non-hydrogen) atoms. The van der Waals surface area contributed by atoms with Crippen molar-refractivity contribution >= 4 is 34.5 Å². The number of aliphatic imine (C=N–C) groups is 1. The molecule has 0 saturated carbocycles. The van der Waals surface area contributed by atoms with E-state index in [9.17, 15) is 9.59 Å². The SMILES string of the molecule is Cc1[nH]n(-c2cccc(Cl)c2)c(=O)c1C=Nc1ccc2c(c1)n(C)c(=O)n2C. The average molecular weight is 396 g/mol. The van der Waals surface area contributed by atoms with Gasteiger partial charge in [0.2, 0.25) is 0 Å². The summed E-state index contributed by atoms with van der Waals surface area (Å²) < 4.78 is 4.59. The van der Waals surface area contributed by atoms with E-state index in [1.54, 1.807) is 47.5 Å². The van der Waals surface area contributed by atoms with E-state index in [2.05, 4.69) is 10.1 Å². The maximum absolute atomic E-state index is 12.8. The third-order valence-corrected chi connectivity index (χ3v) is 5.02. The molecule has 2 aromatic heterocycles. The predicted octanol–water partition coefficient (Wildman–Crippen LogP) is 3.07. The van der Waals surface area contributed by atoms with E-state index in [0.717, 1.165) is 11.0 Å². The van der Waals surface area contributed by atoms with Gasteiger partial charge in [0.15, 0.2) is 0 Å².